The molecule has 0 bridgehead atoms. The van der Waals surface area contributed by atoms with Crippen LogP contribution in [-0.4, -0.2) is 37.0 Å². The first kappa shape index (κ1) is 20.3. The van der Waals surface area contributed by atoms with Crippen LogP contribution in [0.3, 0.4) is 0 Å². The van der Waals surface area contributed by atoms with Crippen LogP contribution >= 0.6 is 11.3 Å². The van der Waals surface area contributed by atoms with Crippen LogP contribution in [0.5, 0.6) is 0 Å². The highest BCUT2D eigenvalue weighted by Gasteiger charge is 2.28. The fraction of sp³-hybridized carbons (Fsp3) is 0.200. The number of hydrogen-bond acceptors (Lipinski definition) is 6. The molecular formula is C20H19N3O5S2. The van der Waals surface area contributed by atoms with Crippen molar-refractivity contribution in [2.75, 3.05) is 6.61 Å². The minimum Gasteiger partial charge on any atom is -0.465 e. The van der Waals surface area contributed by atoms with Crippen molar-refractivity contribution in [3.8, 4) is 0 Å². The second kappa shape index (κ2) is 8.05. The lowest BCUT2D eigenvalue weighted by molar-refractivity contribution is -0.145. The number of hydrogen-bond donors (Lipinski definition) is 3. The third-order valence-electron chi connectivity index (χ3n) is 4.67. The predicted molar refractivity (Wildman–Crippen MR) is 115 cm³/mol. The summed E-state index contributed by atoms with van der Waals surface area (Å²) in [6, 6.07) is 10.8. The van der Waals surface area contributed by atoms with Crippen molar-refractivity contribution in [2.45, 2.75) is 24.3 Å². The van der Waals surface area contributed by atoms with Gasteiger partial charge < -0.3 is 14.7 Å². The largest absolute Gasteiger partial charge is 0.465 e. The zero-order valence-electron chi connectivity index (χ0n) is 16.0. The van der Waals surface area contributed by atoms with E-state index in [1.54, 1.807) is 19.2 Å². The second-order valence-corrected chi connectivity index (χ2v) is 9.39. The van der Waals surface area contributed by atoms with Crippen molar-refractivity contribution in [1.29, 1.82) is 0 Å². The molecule has 8 nitrogen and oxygen atoms in total. The summed E-state index contributed by atoms with van der Waals surface area (Å²) in [5.41, 5.74) is 2.12. The van der Waals surface area contributed by atoms with Crippen molar-refractivity contribution in [3.05, 3.63) is 63.9 Å². The number of carbonyl (C=O) groups is 1. The summed E-state index contributed by atoms with van der Waals surface area (Å²) in [5, 5.41) is 0.906. The molecule has 4 aromatic rings. The summed E-state index contributed by atoms with van der Waals surface area (Å²) < 4.78 is 34.2. The number of rotatable bonds is 7. The Morgan fingerprint density at radius 3 is 2.80 bits per heavy atom. The molecular weight excluding hydrogens is 426 g/mol. The van der Waals surface area contributed by atoms with E-state index in [1.165, 1.54) is 12.1 Å². The molecule has 0 saturated heterocycles. The average molecular weight is 446 g/mol. The Bertz CT molecular complexity index is 1380. The molecule has 0 spiro atoms. The van der Waals surface area contributed by atoms with Crippen LogP contribution in [0.1, 0.15) is 12.5 Å². The van der Waals surface area contributed by atoms with Gasteiger partial charge in [0.2, 0.25) is 10.0 Å². The lowest BCUT2D eigenvalue weighted by Gasteiger charge is -2.17. The van der Waals surface area contributed by atoms with Gasteiger partial charge in [0.25, 0.3) is 0 Å². The monoisotopic (exact) mass is 445 g/mol. The van der Waals surface area contributed by atoms with E-state index in [2.05, 4.69) is 14.7 Å². The van der Waals surface area contributed by atoms with E-state index in [1.807, 2.05) is 24.3 Å². The van der Waals surface area contributed by atoms with Crippen LogP contribution in [-0.2, 0) is 26.0 Å². The zero-order chi connectivity index (χ0) is 21.3. The van der Waals surface area contributed by atoms with E-state index >= 15 is 0 Å². The van der Waals surface area contributed by atoms with Gasteiger partial charge in [-0.25, -0.2) is 8.42 Å². The van der Waals surface area contributed by atoms with Gasteiger partial charge in [-0.1, -0.05) is 29.5 Å². The van der Waals surface area contributed by atoms with Gasteiger partial charge in [0.1, 0.15) is 6.04 Å². The highest BCUT2D eigenvalue weighted by Crippen LogP contribution is 2.22. The number of thiazole rings is 1. The molecule has 10 heteroatoms. The number of aromatic amines is 2. The van der Waals surface area contributed by atoms with Crippen LogP contribution in [0.2, 0.25) is 0 Å². The molecule has 0 amide bonds. The van der Waals surface area contributed by atoms with Gasteiger partial charge in [-0.3, -0.25) is 9.59 Å². The fourth-order valence-corrected chi connectivity index (χ4v) is 5.22. The van der Waals surface area contributed by atoms with Crippen LogP contribution in [0.25, 0.3) is 21.1 Å². The number of para-hydroxylation sites is 1. The summed E-state index contributed by atoms with van der Waals surface area (Å²) in [7, 11) is -4.04. The zero-order valence-corrected chi connectivity index (χ0v) is 17.6. The van der Waals surface area contributed by atoms with Crippen molar-refractivity contribution in [2.24, 2.45) is 0 Å². The van der Waals surface area contributed by atoms with E-state index < -0.39 is 22.0 Å². The van der Waals surface area contributed by atoms with E-state index in [9.17, 15) is 18.0 Å². The summed E-state index contributed by atoms with van der Waals surface area (Å²) in [6.45, 7) is 1.79. The van der Waals surface area contributed by atoms with Gasteiger partial charge in [-0.15, -0.1) is 0 Å². The standard InChI is InChI=1S/C20H19N3O5S2/c1-2-28-19(24)17(9-12-11-21-15-6-4-3-5-14(12)15)23-30(26,27)13-7-8-18-16(10-13)22-20(25)29-18/h3-8,10-11,17,21,23H,2,9H2,1H3,(H,22,25)/t17-/m0/s1. The van der Waals surface area contributed by atoms with Crippen LogP contribution in [0, 0.1) is 0 Å². The van der Waals surface area contributed by atoms with Gasteiger partial charge in [0.05, 0.1) is 21.7 Å². The number of nitrogens with one attached hydrogen (secondary N) is 3. The Morgan fingerprint density at radius 2 is 2.00 bits per heavy atom. The smallest absolute Gasteiger partial charge is 0.324 e. The molecule has 1 atom stereocenters. The highest BCUT2D eigenvalue weighted by molar-refractivity contribution is 7.89. The van der Waals surface area contributed by atoms with E-state index in [4.69, 9.17) is 4.74 Å². The highest BCUT2D eigenvalue weighted by atomic mass is 32.2. The summed E-state index contributed by atoms with van der Waals surface area (Å²) in [6.07, 6.45) is 1.88. The normalized spacial score (nSPS) is 13.0. The van der Waals surface area contributed by atoms with Crippen LogP contribution < -0.4 is 9.60 Å². The van der Waals surface area contributed by atoms with E-state index in [0.717, 1.165) is 27.8 Å². The topological polar surface area (TPSA) is 121 Å². The first-order valence-corrected chi connectivity index (χ1v) is 11.5. The Labute approximate surface area is 175 Å². The summed E-state index contributed by atoms with van der Waals surface area (Å²) in [4.78, 5) is 29.4. The molecule has 2 heterocycles. The Kier molecular flexibility index (Phi) is 5.46. The number of carbonyl (C=O) groups excluding carboxylic acids is 1. The van der Waals surface area contributed by atoms with E-state index in [-0.39, 0.29) is 22.8 Å². The molecule has 4 rings (SSSR count). The average Bonchev–Trinajstić information content (AvgIpc) is 3.29. The van der Waals surface area contributed by atoms with Gasteiger partial charge >= 0.3 is 10.8 Å². The van der Waals surface area contributed by atoms with E-state index in [0.29, 0.717) is 10.2 Å². The number of fused-ring (bicyclic) bond motifs is 2. The quantitative estimate of drug-likeness (QED) is 0.378. The van der Waals surface area contributed by atoms with Gasteiger partial charge in [0.15, 0.2) is 0 Å². The van der Waals surface area contributed by atoms with Crippen LogP contribution in [0.15, 0.2) is 58.4 Å². The number of aromatic nitrogens is 2. The number of sulfonamides is 1. The molecule has 0 unspecified atom stereocenters. The van der Waals surface area contributed by atoms with Gasteiger partial charge in [0, 0.05) is 23.5 Å². The number of benzene rings is 2. The molecule has 0 radical (unpaired) electrons. The van der Waals surface area contributed by atoms with Crippen molar-refractivity contribution in [1.82, 2.24) is 14.7 Å². The first-order valence-electron chi connectivity index (χ1n) is 9.24. The van der Waals surface area contributed by atoms with Crippen molar-refractivity contribution >= 4 is 48.4 Å². The summed E-state index contributed by atoms with van der Waals surface area (Å²) >= 11 is 0.997. The molecule has 30 heavy (non-hydrogen) atoms. The lowest BCUT2D eigenvalue weighted by Crippen LogP contribution is -2.43. The maximum Gasteiger partial charge on any atom is 0.324 e. The van der Waals surface area contributed by atoms with Gasteiger partial charge in [-0.05, 0) is 36.8 Å². The fourth-order valence-electron chi connectivity index (χ4n) is 3.29. The summed E-state index contributed by atoms with van der Waals surface area (Å²) in [5.74, 6) is -0.656. The maximum atomic E-state index is 13.0. The van der Waals surface area contributed by atoms with Crippen molar-refractivity contribution < 1.29 is 17.9 Å². The Morgan fingerprint density at radius 1 is 1.20 bits per heavy atom. The van der Waals surface area contributed by atoms with Gasteiger partial charge in [-0.2, -0.15) is 4.72 Å². The number of esters is 1. The molecule has 0 aliphatic carbocycles. The Hall–Kier alpha value is -2.95. The minimum atomic E-state index is -4.04. The predicted octanol–water partition coefficient (Wildman–Crippen LogP) is 2.52. The number of ether oxygens (including phenoxy) is 1. The third-order valence-corrected chi connectivity index (χ3v) is 7.00. The molecule has 0 aliphatic heterocycles. The molecule has 3 N–H and O–H groups in total. The molecule has 156 valence electrons. The van der Waals surface area contributed by atoms with Crippen molar-refractivity contribution in [3.63, 3.8) is 0 Å². The third kappa shape index (κ3) is 4.02. The molecule has 2 aromatic carbocycles. The molecule has 0 fully saturated rings. The number of H-pyrrole nitrogens is 2. The molecule has 2 aromatic heterocycles. The SMILES string of the molecule is CCOC(=O)[C@H](Cc1c[nH]c2ccccc12)NS(=O)(=O)c1ccc2sc(=O)[nH]c2c1. The first-order chi connectivity index (χ1) is 14.4. The molecule has 0 aliphatic rings. The van der Waals surface area contributed by atoms with Crippen LogP contribution in [0.4, 0.5) is 0 Å². The minimum absolute atomic E-state index is 0.0442. The maximum absolute atomic E-state index is 13.0. The Balaban J connectivity index is 1.66. The second-order valence-electron chi connectivity index (χ2n) is 6.66. The lowest BCUT2D eigenvalue weighted by atomic mass is 10.1. The molecule has 0 saturated carbocycles.